The number of nitrogens with one attached hydrogen (secondary N) is 1. The lowest BCUT2D eigenvalue weighted by molar-refractivity contribution is -0.132. The molecule has 2 heterocycles. The summed E-state index contributed by atoms with van der Waals surface area (Å²) in [5.41, 5.74) is 1.09. The number of carbonyl (C=O) groups is 1. The first kappa shape index (κ1) is 16.3. The van der Waals surface area contributed by atoms with E-state index in [1.165, 1.54) is 6.42 Å². The van der Waals surface area contributed by atoms with E-state index >= 15 is 0 Å². The molecule has 21 heavy (non-hydrogen) atoms. The highest BCUT2D eigenvalue weighted by Crippen LogP contribution is 2.18. The van der Waals surface area contributed by atoms with Crippen LogP contribution in [0.4, 0.5) is 0 Å². The van der Waals surface area contributed by atoms with Crippen molar-refractivity contribution >= 4 is 17.7 Å². The maximum atomic E-state index is 12.2. The minimum Gasteiger partial charge on any atom is -0.342 e. The van der Waals surface area contributed by atoms with Gasteiger partial charge in [0, 0.05) is 37.2 Å². The number of thioether (sulfide) groups is 1. The van der Waals surface area contributed by atoms with Crippen LogP contribution in [0.2, 0.25) is 0 Å². The Morgan fingerprint density at radius 3 is 3.19 bits per heavy atom. The first-order chi connectivity index (χ1) is 10.3. The number of rotatable bonds is 7. The second kappa shape index (κ2) is 9.05. The van der Waals surface area contributed by atoms with Gasteiger partial charge in [0.05, 0.1) is 5.69 Å². The maximum Gasteiger partial charge on any atom is 0.223 e. The van der Waals surface area contributed by atoms with E-state index in [-0.39, 0.29) is 0 Å². The van der Waals surface area contributed by atoms with Gasteiger partial charge in [-0.3, -0.25) is 9.78 Å². The van der Waals surface area contributed by atoms with Crippen LogP contribution in [0.1, 0.15) is 25.0 Å². The Bertz CT molecular complexity index is 425. The van der Waals surface area contributed by atoms with Crippen molar-refractivity contribution in [3.05, 3.63) is 30.1 Å². The molecule has 1 saturated heterocycles. The third-order valence-corrected chi connectivity index (χ3v) is 4.79. The summed E-state index contributed by atoms with van der Waals surface area (Å²) in [5, 5.41) is 3.22. The topological polar surface area (TPSA) is 45.2 Å². The fourth-order valence-electron chi connectivity index (χ4n) is 2.72. The van der Waals surface area contributed by atoms with Gasteiger partial charge in [0.2, 0.25) is 5.91 Å². The molecule has 1 aromatic rings. The highest BCUT2D eigenvalue weighted by Gasteiger charge is 2.22. The molecule has 0 saturated carbocycles. The first-order valence-electron chi connectivity index (χ1n) is 7.69. The van der Waals surface area contributed by atoms with Gasteiger partial charge in [0.15, 0.2) is 0 Å². The predicted molar refractivity (Wildman–Crippen MR) is 88.2 cm³/mol. The zero-order valence-corrected chi connectivity index (χ0v) is 13.6. The molecule has 1 aliphatic heterocycles. The summed E-state index contributed by atoms with van der Waals surface area (Å²) in [6, 6.07) is 5.96. The van der Waals surface area contributed by atoms with E-state index < -0.39 is 0 Å². The van der Waals surface area contributed by atoms with Gasteiger partial charge in [-0.2, -0.15) is 11.8 Å². The minimum absolute atomic E-state index is 0.310. The average molecular weight is 307 g/mol. The second-order valence-electron chi connectivity index (χ2n) is 5.53. The van der Waals surface area contributed by atoms with Crippen LogP contribution in [-0.2, 0) is 10.5 Å². The number of hydrogen-bond donors (Lipinski definition) is 1. The number of nitrogens with zero attached hydrogens (tertiary/aromatic N) is 2. The highest BCUT2D eigenvalue weighted by atomic mass is 32.2. The van der Waals surface area contributed by atoms with Crippen LogP contribution < -0.4 is 5.32 Å². The molecule has 0 spiro atoms. The van der Waals surface area contributed by atoms with Crippen LogP contribution in [0, 0.1) is 5.92 Å². The van der Waals surface area contributed by atoms with Gasteiger partial charge >= 0.3 is 0 Å². The number of carbonyl (C=O) groups excluding carboxylic acids is 1. The van der Waals surface area contributed by atoms with Gasteiger partial charge in [0.25, 0.3) is 0 Å². The fraction of sp³-hybridized carbons (Fsp3) is 0.625. The van der Waals surface area contributed by atoms with E-state index in [2.05, 4.69) is 10.3 Å². The van der Waals surface area contributed by atoms with E-state index in [0.717, 1.165) is 43.3 Å². The number of aromatic nitrogens is 1. The molecule has 4 nitrogen and oxygen atoms in total. The molecule has 0 radical (unpaired) electrons. The molecule has 1 fully saturated rings. The summed E-state index contributed by atoms with van der Waals surface area (Å²) in [6.07, 6.45) is 4.83. The van der Waals surface area contributed by atoms with Crippen molar-refractivity contribution < 1.29 is 4.79 Å². The van der Waals surface area contributed by atoms with Crippen LogP contribution in [0.5, 0.6) is 0 Å². The van der Waals surface area contributed by atoms with Crippen molar-refractivity contribution in [2.45, 2.75) is 25.0 Å². The van der Waals surface area contributed by atoms with Crippen LogP contribution in [0.3, 0.4) is 0 Å². The molecule has 1 amide bonds. The second-order valence-corrected chi connectivity index (χ2v) is 6.63. The van der Waals surface area contributed by atoms with Gasteiger partial charge in [-0.1, -0.05) is 6.07 Å². The lowest BCUT2D eigenvalue weighted by atomic mass is 9.98. The highest BCUT2D eigenvalue weighted by molar-refractivity contribution is 7.98. The van der Waals surface area contributed by atoms with Crippen molar-refractivity contribution in [2.24, 2.45) is 5.92 Å². The molecule has 1 aromatic heterocycles. The summed E-state index contributed by atoms with van der Waals surface area (Å²) in [6.45, 7) is 2.87. The zero-order chi connectivity index (χ0) is 14.9. The minimum atomic E-state index is 0.310. The summed E-state index contributed by atoms with van der Waals surface area (Å²) < 4.78 is 0. The Balaban J connectivity index is 1.65. The van der Waals surface area contributed by atoms with Crippen LogP contribution in [0.15, 0.2) is 24.4 Å². The Morgan fingerprint density at radius 2 is 2.43 bits per heavy atom. The number of piperidine rings is 1. The molecule has 116 valence electrons. The van der Waals surface area contributed by atoms with E-state index in [1.807, 2.05) is 36.3 Å². The van der Waals surface area contributed by atoms with E-state index in [9.17, 15) is 4.79 Å². The van der Waals surface area contributed by atoms with Gasteiger partial charge in [-0.25, -0.2) is 0 Å². The zero-order valence-electron chi connectivity index (χ0n) is 12.8. The molecule has 1 atom stereocenters. The third-order valence-electron chi connectivity index (χ3n) is 3.80. The molecule has 0 aromatic carbocycles. The quantitative estimate of drug-likeness (QED) is 0.784. The molecule has 2 rings (SSSR count). The molecule has 1 aliphatic rings. The lowest BCUT2D eigenvalue weighted by Gasteiger charge is -2.32. The number of likely N-dealkylation sites (tertiary alicyclic amines) is 1. The largest absolute Gasteiger partial charge is 0.342 e. The molecule has 0 bridgehead atoms. The number of amides is 1. The van der Waals surface area contributed by atoms with E-state index in [0.29, 0.717) is 18.2 Å². The van der Waals surface area contributed by atoms with Crippen LogP contribution in [-0.4, -0.2) is 48.2 Å². The Kier molecular flexibility index (Phi) is 7.03. The van der Waals surface area contributed by atoms with Crippen LogP contribution in [0.25, 0.3) is 0 Å². The monoisotopic (exact) mass is 307 g/mol. The summed E-state index contributed by atoms with van der Waals surface area (Å²) in [7, 11) is 1.98. The normalized spacial score (nSPS) is 18.7. The lowest BCUT2D eigenvalue weighted by Crippen LogP contribution is -2.42. The standard InChI is InChI=1S/C16H25N3OS/c1-17-11-14-5-4-9-19(12-14)16(20)7-10-21-13-15-6-2-3-8-18-15/h2-3,6,8,14,17H,4-5,7,9-13H2,1H3. The molecule has 0 aliphatic carbocycles. The van der Waals surface area contributed by atoms with Crippen molar-refractivity contribution in [3.8, 4) is 0 Å². The Hall–Kier alpha value is -1.07. The summed E-state index contributed by atoms with van der Waals surface area (Å²) in [4.78, 5) is 18.6. The maximum absolute atomic E-state index is 12.2. The number of pyridine rings is 1. The number of hydrogen-bond acceptors (Lipinski definition) is 4. The van der Waals surface area contributed by atoms with Gasteiger partial charge in [0.1, 0.15) is 0 Å². The smallest absolute Gasteiger partial charge is 0.223 e. The molecule has 5 heteroatoms. The molecule has 1 N–H and O–H groups in total. The summed E-state index contributed by atoms with van der Waals surface area (Å²) >= 11 is 1.79. The molecular formula is C16H25N3OS. The van der Waals surface area contributed by atoms with Crippen molar-refractivity contribution in [1.29, 1.82) is 0 Å². The molecule has 1 unspecified atom stereocenters. The van der Waals surface area contributed by atoms with Gasteiger partial charge < -0.3 is 10.2 Å². The van der Waals surface area contributed by atoms with Gasteiger partial charge in [-0.15, -0.1) is 0 Å². The van der Waals surface area contributed by atoms with Crippen molar-refractivity contribution in [3.63, 3.8) is 0 Å². The third kappa shape index (κ3) is 5.67. The summed E-state index contributed by atoms with van der Waals surface area (Å²) in [5.74, 6) is 2.69. The van der Waals surface area contributed by atoms with Crippen LogP contribution >= 0.6 is 11.8 Å². The van der Waals surface area contributed by atoms with E-state index in [1.54, 1.807) is 11.8 Å². The van der Waals surface area contributed by atoms with Crippen molar-refractivity contribution in [1.82, 2.24) is 15.2 Å². The van der Waals surface area contributed by atoms with Gasteiger partial charge in [-0.05, 0) is 44.5 Å². The van der Waals surface area contributed by atoms with Crippen molar-refractivity contribution in [2.75, 3.05) is 32.4 Å². The Labute approximate surface area is 131 Å². The molecular weight excluding hydrogens is 282 g/mol. The fourth-order valence-corrected chi connectivity index (χ4v) is 3.57. The predicted octanol–water partition coefficient (Wildman–Crippen LogP) is 2.16. The SMILES string of the molecule is CNCC1CCCN(C(=O)CCSCc2ccccn2)C1. The Morgan fingerprint density at radius 1 is 1.52 bits per heavy atom. The first-order valence-corrected chi connectivity index (χ1v) is 8.85. The average Bonchev–Trinajstić information content (AvgIpc) is 2.53. The van der Waals surface area contributed by atoms with E-state index in [4.69, 9.17) is 0 Å².